The van der Waals surface area contributed by atoms with Crippen molar-refractivity contribution in [2.75, 3.05) is 32.8 Å². The largest absolute Gasteiger partial charge is 0.494 e. The van der Waals surface area contributed by atoms with Crippen LogP contribution >= 0.6 is 0 Å². The van der Waals surface area contributed by atoms with Gasteiger partial charge in [0.25, 0.3) is 0 Å². The second-order valence-electron chi connectivity index (χ2n) is 9.04. The normalized spacial score (nSPS) is 18.9. The summed E-state index contributed by atoms with van der Waals surface area (Å²) in [6, 6.07) is 17.1. The van der Waals surface area contributed by atoms with Gasteiger partial charge < -0.3 is 9.64 Å². The lowest BCUT2D eigenvalue weighted by atomic mass is 9.89. The lowest BCUT2D eigenvalue weighted by molar-refractivity contribution is -0.138. The van der Waals surface area contributed by atoms with E-state index in [2.05, 4.69) is 24.3 Å². The fraction of sp³-hybridized carbons (Fsp3) is 0.500. The molecule has 6 nitrogen and oxygen atoms in total. The molecule has 0 saturated carbocycles. The van der Waals surface area contributed by atoms with E-state index in [1.165, 1.54) is 9.87 Å². The standard InChI is InChI=1S/C26H34N2O4S/c1-2-32-24-8-10-25(11-9-24)33(30,31)28-18-14-23(15-19-28)26(29)27-16-12-22(13-17-27)20-21-6-4-3-5-7-21/h3-11,22-23H,2,12-20H2,1H3. The number of likely N-dealkylation sites (tertiary alicyclic amines) is 1. The van der Waals surface area contributed by atoms with Crippen LogP contribution in [0.2, 0.25) is 0 Å². The average Bonchev–Trinajstić information content (AvgIpc) is 2.85. The number of amides is 1. The van der Waals surface area contributed by atoms with Crippen molar-refractivity contribution in [3.8, 4) is 5.75 Å². The minimum Gasteiger partial charge on any atom is -0.494 e. The van der Waals surface area contributed by atoms with Gasteiger partial charge in [-0.25, -0.2) is 8.42 Å². The summed E-state index contributed by atoms with van der Waals surface area (Å²) in [6.07, 6.45) is 4.31. The molecule has 2 aromatic carbocycles. The first-order chi connectivity index (χ1) is 16.0. The van der Waals surface area contributed by atoms with E-state index in [0.717, 1.165) is 32.4 Å². The lowest BCUT2D eigenvalue weighted by Gasteiger charge is -2.37. The second kappa shape index (κ2) is 10.7. The molecule has 0 atom stereocenters. The molecule has 2 saturated heterocycles. The molecular weight excluding hydrogens is 436 g/mol. The molecular formula is C26H34N2O4S. The van der Waals surface area contributed by atoms with Crippen molar-refractivity contribution in [2.45, 2.75) is 43.9 Å². The van der Waals surface area contributed by atoms with Gasteiger partial charge >= 0.3 is 0 Å². The summed E-state index contributed by atoms with van der Waals surface area (Å²) in [5.41, 5.74) is 1.36. The highest BCUT2D eigenvalue weighted by atomic mass is 32.2. The van der Waals surface area contributed by atoms with E-state index in [1.807, 2.05) is 17.9 Å². The van der Waals surface area contributed by atoms with Crippen LogP contribution in [0.4, 0.5) is 0 Å². The number of carbonyl (C=O) groups is 1. The van der Waals surface area contributed by atoms with Crippen molar-refractivity contribution >= 4 is 15.9 Å². The molecule has 2 fully saturated rings. The summed E-state index contributed by atoms with van der Waals surface area (Å²) in [5, 5.41) is 0. The zero-order valence-electron chi connectivity index (χ0n) is 19.4. The Morgan fingerprint density at radius 2 is 1.55 bits per heavy atom. The Kier molecular flexibility index (Phi) is 7.71. The number of hydrogen-bond acceptors (Lipinski definition) is 4. The first-order valence-corrected chi connectivity index (χ1v) is 13.5. The number of hydrogen-bond donors (Lipinski definition) is 0. The SMILES string of the molecule is CCOc1ccc(S(=O)(=O)N2CCC(C(=O)N3CCC(Cc4ccccc4)CC3)CC2)cc1. The van der Waals surface area contributed by atoms with Crippen LogP contribution in [-0.2, 0) is 21.2 Å². The van der Waals surface area contributed by atoms with Crippen LogP contribution in [0.1, 0.15) is 38.2 Å². The summed E-state index contributed by atoms with van der Waals surface area (Å²) in [4.78, 5) is 15.4. The topological polar surface area (TPSA) is 66.9 Å². The van der Waals surface area contributed by atoms with Gasteiger partial charge in [0.05, 0.1) is 11.5 Å². The van der Waals surface area contributed by atoms with Gasteiger partial charge in [0.1, 0.15) is 5.75 Å². The molecule has 2 heterocycles. The number of benzene rings is 2. The number of ether oxygens (including phenoxy) is 1. The third kappa shape index (κ3) is 5.76. The zero-order valence-corrected chi connectivity index (χ0v) is 20.2. The van der Waals surface area contributed by atoms with Crippen molar-refractivity contribution in [3.05, 3.63) is 60.2 Å². The van der Waals surface area contributed by atoms with Gasteiger partial charge in [-0.2, -0.15) is 4.31 Å². The molecule has 178 valence electrons. The van der Waals surface area contributed by atoms with Gasteiger partial charge in [-0.1, -0.05) is 30.3 Å². The molecule has 0 aromatic heterocycles. The molecule has 2 aliphatic rings. The quantitative estimate of drug-likeness (QED) is 0.614. The summed E-state index contributed by atoms with van der Waals surface area (Å²) < 4.78 is 32.9. The molecule has 7 heteroatoms. The van der Waals surface area contributed by atoms with Crippen LogP contribution in [-0.4, -0.2) is 56.3 Å². The lowest BCUT2D eigenvalue weighted by Crippen LogP contribution is -2.46. The van der Waals surface area contributed by atoms with E-state index < -0.39 is 10.0 Å². The molecule has 0 radical (unpaired) electrons. The van der Waals surface area contributed by atoms with Gasteiger partial charge in [0.15, 0.2) is 0 Å². The van der Waals surface area contributed by atoms with Crippen LogP contribution in [0, 0.1) is 11.8 Å². The number of piperidine rings is 2. The molecule has 0 N–H and O–H groups in total. The molecule has 33 heavy (non-hydrogen) atoms. The first-order valence-electron chi connectivity index (χ1n) is 12.0. The van der Waals surface area contributed by atoms with Crippen LogP contribution in [0.25, 0.3) is 0 Å². The van der Waals surface area contributed by atoms with Crippen molar-refractivity contribution in [3.63, 3.8) is 0 Å². The molecule has 4 rings (SSSR count). The maximum absolute atomic E-state index is 13.1. The Bertz CT molecular complexity index is 1010. The van der Waals surface area contributed by atoms with E-state index in [0.29, 0.717) is 44.2 Å². The summed E-state index contributed by atoms with van der Waals surface area (Å²) in [5.74, 6) is 1.40. The molecule has 0 unspecified atom stereocenters. The van der Waals surface area contributed by atoms with Crippen LogP contribution in [0.15, 0.2) is 59.5 Å². The predicted molar refractivity (Wildman–Crippen MR) is 129 cm³/mol. The van der Waals surface area contributed by atoms with Gasteiger partial charge in [-0.05, 0) is 74.8 Å². The summed E-state index contributed by atoms with van der Waals surface area (Å²) in [7, 11) is -3.55. The number of rotatable bonds is 7. The minimum absolute atomic E-state index is 0.0811. The Morgan fingerprint density at radius 1 is 0.909 bits per heavy atom. The Labute approximate surface area is 197 Å². The highest BCUT2D eigenvalue weighted by Crippen LogP contribution is 2.28. The third-order valence-corrected chi connectivity index (χ3v) is 8.78. The van der Waals surface area contributed by atoms with Crippen LogP contribution in [0.5, 0.6) is 5.75 Å². The van der Waals surface area contributed by atoms with Crippen LogP contribution < -0.4 is 4.74 Å². The number of sulfonamides is 1. The van der Waals surface area contributed by atoms with Gasteiger partial charge in [-0.15, -0.1) is 0 Å². The fourth-order valence-electron chi connectivity index (χ4n) is 4.93. The summed E-state index contributed by atoms with van der Waals surface area (Å²) >= 11 is 0. The van der Waals surface area contributed by atoms with Gasteiger partial charge in [0, 0.05) is 32.1 Å². The highest BCUT2D eigenvalue weighted by Gasteiger charge is 2.34. The van der Waals surface area contributed by atoms with E-state index in [4.69, 9.17) is 4.74 Å². The molecule has 2 aromatic rings. The predicted octanol–water partition coefficient (Wildman–Crippen LogP) is 3.97. The monoisotopic (exact) mass is 470 g/mol. The third-order valence-electron chi connectivity index (χ3n) is 6.87. The molecule has 1 amide bonds. The maximum atomic E-state index is 13.1. The first kappa shape index (κ1) is 23.8. The molecule has 0 bridgehead atoms. The molecule has 2 aliphatic heterocycles. The van der Waals surface area contributed by atoms with Crippen molar-refractivity contribution in [1.82, 2.24) is 9.21 Å². The van der Waals surface area contributed by atoms with Crippen molar-refractivity contribution < 1.29 is 17.9 Å². The zero-order chi connectivity index (χ0) is 23.3. The van der Waals surface area contributed by atoms with Crippen molar-refractivity contribution in [2.24, 2.45) is 11.8 Å². The van der Waals surface area contributed by atoms with E-state index in [-0.39, 0.29) is 16.7 Å². The fourth-order valence-corrected chi connectivity index (χ4v) is 6.40. The molecule has 0 spiro atoms. The van der Waals surface area contributed by atoms with E-state index >= 15 is 0 Å². The number of nitrogens with zero attached hydrogens (tertiary/aromatic N) is 2. The van der Waals surface area contributed by atoms with Crippen molar-refractivity contribution in [1.29, 1.82) is 0 Å². The maximum Gasteiger partial charge on any atom is 0.243 e. The van der Waals surface area contributed by atoms with Gasteiger partial charge in [-0.3, -0.25) is 4.79 Å². The van der Waals surface area contributed by atoms with E-state index in [9.17, 15) is 13.2 Å². The number of carbonyl (C=O) groups excluding carboxylic acids is 1. The van der Waals surface area contributed by atoms with Crippen LogP contribution in [0.3, 0.4) is 0 Å². The smallest absolute Gasteiger partial charge is 0.243 e. The Balaban J connectivity index is 1.26. The second-order valence-corrected chi connectivity index (χ2v) is 11.0. The van der Waals surface area contributed by atoms with E-state index in [1.54, 1.807) is 24.3 Å². The summed E-state index contributed by atoms with van der Waals surface area (Å²) in [6.45, 7) is 4.82. The average molecular weight is 471 g/mol. The van der Waals surface area contributed by atoms with Gasteiger partial charge in [0.2, 0.25) is 15.9 Å². The Morgan fingerprint density at radius 3 is 2.15 bits per heavy atom. The minimum atomic E-state index is -3.55. The molecule has 0 aliphatic carbocycles. The Hall–Kier alpha value is -2.38. The highest BCUT2D eigenvalue weighted by molar-refractivity contribution is 7.89.